The van der Waals surface area contributed by atoms with Crippen LogP contribution in [0, 0.1) is 0 Å². The second-order valence-electron chi connectivity index (χ2n) is 18.4. The van der Waals surface area contributed by atoms with E-state index < -0.39 is 18.7 Å². The molecule has 0 amide bonds. The molecule has 1 aliphatic rings. The van der Waals surface area contributed by atoms with E-state index >= 15 is 0 Å². The third-order valence-electron chi connectivity index (χ3n) is 13.5. The molecule has 77 heavy (non-hydrogen) atoms. The molecule has 398 valence electrons. The van der Waals surface area contributed by atoms with Crippen LogP contribution in [-0.4, -0.2) is 73.6 Å². The lowest BCUT2D eigenvalue weighted by molar-refractivity contribution is 0.0530. The standard InChI is InChI=1S/C63H62O14/c1-38(72-33-40-21-13-9-14-22-40)29-44-31-46-48-49-47-32-45(30-39(2)73-34-41-23-15-10-16-24-41)55(67-4)61(75-36-43-27-19-12-20-28-43)51(47)57(69-6)53(63(65)71-8)59(49)77-37-76-58(48)52(62(64)70-7)56(68-5)50(46)60(54(44)66-3)74-35-42-25-17-11-18-26-42/h9-28,31-32,38-39H,29-30,33-37H2,1-8H3/t38-,39-/m1/s1. The van der Waals surface area contributed by atoms with Crippen LogP contribution in [0.3, 0.4) is 0 Å². The van der Waals surface area contributed by atoms with Crippen LogP contribution in [0.1, 0.15) is 67.9 Å². The zero-order valence-corrected chi connectivity index (χ0v) is 44.5. The quantitative estimate of drug-likeness (QED) is 0.0594. The zero-order valence-electron chi connectivity index (χ0n) is 44.5. The van der Waals surface area contributed by atoms with E-state index in [1.54, 1.807) is 14.2 Å². The third-order valence-corrected chi connectivity index (χ3v) is 13.5. The summed E-state index contributed by atoms with van der Waals surface area (Å²) >= 11 is 0. The van der Waals surface area contributed by atoms with Crippen molar-refractivity contribution >= 4 is 33.5 Å². The largest absolute Gasteiger partial charge is 0.495 e. The van der Waals surface area contributed by atoms with Crippen LogP contribution < -0.4 is 37.9 Å². The van der Waals surface area contributed by atoms with Crippen LogP contribution in [0.4, 0.5) is 0 Å². The molecule has 0 N–H and O–H groups in total. The molecule has 0 spiro atoms. The van der Waals surface area contributed by atoms with Crippen molar-refractivity contribution < 1.29 is 66.4 Å². The van der Waals surface area contributed by atoms with Crippen molar-refractivity contribution in [2.45, 2.75) is 65.3 Å². The summed E-state index contributed by atoms with van der Waals surface area (Å²) in [5, 5.41) is 1.66. The first-order chi connectivity index (χ1) is 37.6. The Bertz CT molecular complexity index is 3140. The van der Waals surface area contributed by atoms with Gasteiger partial charge < -0.3 is 56.8 Å². The number of hydrogen-bond acceptors (Lipinski definition) is 14. The molecule has 1 heterocycles. The first-order valence-corrected chi connectivity index (χ1v) is 25.2. The Balaban J connectivity index is 1.41. The fourth-order valence-corrected chi connectivity index (χ4v) is 9.95. The minimum Gasteiger partial charge on any atom is -0.495 e. The van der Waals surface area contributed by atoms with Crippen molar-refractivity contribution in [1.82, 2.24) is 0 Å². The summed E-state index contributed by atoms with van der Waals surface area (Å²) in [5.74, 6) is -0.0197. The van der Waals surface area contributed by atoms with Crippen LogP contribution in [-0.2, 0) is 58.2 Å². The smallest absolute Gasteiger partial charge is 0.345 e. The monoisotopic (exact) mass is 1040 g/mol. The maximum Gasteiger partial charge on any atom is 0.345 e. The van der Waals surface area contributed by atoms with Gasteiger partial charge in [0, 0.05) is 45.9 Å². The lowest BCUT2D eigenvalue weighted by atomic mass is 9.85. The summed E-state index contributed by atoms with van der Waals surface area (Å²) in [5.41, 5.74) is 5.65. The zero-order chi connectivity index (χ0) is 54.0. The predicted octanol–water partition coefficient (Wildman–Crippen LogP) is 12.4. The molecule has 0 bridgehead atoms. The molecule has 8 aromatic rings. The summed E-state index contributed by atoms with van der Waals surface area (Å²) in [7, 11) is 8.61. The Kier molecular flexibility index (Phi) is 17.0. The molecule has 0 fully saturated rings. The van der Waals surface area contributed by atoms with E-state index in [9.17, 15) is 9.59 Å². The Hall–Kier alpha value is -8.46. The van der Waals surface area contributed by atoms with Gasteiger partial charge in [0.15, 0.2) is 34.5 Å². The van der Waals surface area contributed by atoms with Gasteiger partial charge in [0.1, 0.15) is 35.8 Å². The Morgan fingerprint density at radius 1 is 0.442 bits per heavy atom. The number of hydrogen-bond donors (Lipinski definition) is 0. The first-order valence-electron chi connectivity index (χ1n) is 25.2. The Morgan fingerprint density at radius 3 is 1.08 bits per heavy atom. The highest BCUT2D eigenvalue weighted by Gasteiger charge is 2.40. The number of methoxy groups -OCH3 is 6. The fourth-order valence-electron chi connectivity index (χ4n) is 9.95. The summed E-state index contributed by atoms with van der Waals surface area (Å²) in [6.45, 7) is 4.42. The van der Waals surface area contributed by atoms with Gasteiger partial charge in [-0.1, -0.05) is 121 Å². The third kappa shape index (κ3) is 11.1. The lowest BCUT2D eigenvalue weighted by Gasteiger charge is -2.26. The molecule has 0 saturated heterocycles. The van der Waals surface area contributed by atoms with Gasteiger partial charge in [0.05, 0.1) is 78.9 Å². The van der Waals surface area contributed by atoms with Crippen LogP contribution in [0.15, 0.2) is 133 Å². The van der Waals surface area contributed by atoms with Gasteiger partial charge in [-0.3, -0.25) is 0 Å². The maximum absolute atomic E-state index is 14.6. The molecule has 0 saturated carbocycles. The van der Waals surface area contributed by atoms with Gasteiger partial charge >= 0.3 is 11.9 Å². The summed E-state index contributed by atoms with van der Waals surface area (Å²) < 4.78 is 76.5. The number of esters is 2. The Morgan fingerprint density at radius 2 is 0.766 bits per heavy atom. The number of ether oxygens (including phenoxy) is 12. The normalized spacial score (nSPS) is 12.5. The average molecular weight is 1040 g/mol. The maximum atomic E-state index is 14.6. The molecule has 14 heteroatoms. The summed E-state index contributed by atoms with van der Waals surface area (Å²) in [6.07, 6.45) is -0.0349. The second-order valence-corrected chi connectivity index (χ2v) is 18.4. The minimum absolute atomic E-state index is 0.0458. The number of carbonyl (C=O) groups is 2. The van der Waals surface area contributed by atoms with Crippen molar-refractivity contribution in [2.24, 2.45) is 0 Å². The van der Waals surface area contributed by atoms with E-state index in [0.717, 1.165) is 22.3 Å². The molecule has 0 unspecified atom stereocenters. The second kappa shape index (κ2) is 24.5. The first kappa shape index (κ1) is 53.4. The molecule has 9 rings (SSSR count). The molecule has 0 aliphatic carbocycles. The molecule has 14 nitrogen and oxygen atoms in total. The molecular formula is C63H62O14. The topological polar surface area (TPSA) is 145 Å². The molecule has 0 radical (unpaired) electrons. The number of carbonyl (C=O) groups excluding carboxylic acids is 2. The minimum atomic E-state index is -0.784. The molecule has 0 aromatic heterocycles. The van der Waals surface area contributed by atoms with E-state index in [4.69, 9.17) is 56.8 Å². The van der Waals surface area contributed by atoms with Crippen LogP contribution in [0.25, 0.3) is 32.7 Å². The van der Waals surface area contributed by atoms with E-state index in [1.165, 1.54) is 28.4 Å². The van der Waals surface area contributed by atoms with Crippen LogP contribution in [0.5, 0.6) is 46.0 Å². The highest BCUT2D eigenvalue weighted by Crippen LogP contribution is 2.60. The lowest BCUT2D eigenvalue weighted by Crippen LogP contribution is -2.14. The van der Waals surface area contributed by atoms with Crippen LogP contribution >= 0.6 is 0 Å². The van der Waals surface area contributed by atoms with E-state index in [1.807, 2.05) is 147 Å². The van der Waals surface area contributed by atoms with Crippen molar-refractivity contribution in [3.05, 3.63) is 178 Å². The van der Waals surface area contributed by atoms with E-state index in [0.29, 0.717) is 81.4 Å². The van der Waals surface area contributed by atoms with Gasteiger partial charge in [0.25, 0.3) is 0 Å². The van der Waals surface area contributed by atoms with Gasteiger partial charge in [-0.05, 0) is 48.2 Å². The van der Waals surface area contributed by atoms with Crippen molar-refractivity contribution in [2.75, 3.05) is 49.5 Å². The Labute approximate surface area is 448 Å². The average Bonchev–Trinajstić information content (AvgIpc) is 3.79. The SMILES string of the molecule is COC(=O)c1c2c(c3cc(C[C@@H](C)OCc4ccccc4)c(OC)c(OCc4ccccc4)c3c1OC)-c1c(c(C(=O)OC)c(OC)c3c(OCc4ccccc4)c(OC)c(C[C@@H](C)OCc4ccccc4)cc13)OCO2. The molecule has 1 aliphatic heterocycles. The predicted molar refractivity (Wildman–Crippen MR) is 292 cm³/mol. The van der Waals surface area contributed by atoms with Crippen molar-refractivity contribution in [1.29, 1.82) is 0 Å². The molecule has 2 atom stereocenters. The highest BCUT2D eigenvalue weighted by atomic mass is 16.7. The fraction of sp³-hybridized carbons (Fsp3) is 0.270. The molecule has 8 aromatic carbocycles. The number of benzene rings is 8. The van der Waals surface area contributed by atoms with Crippen molar-refractivity contribution in [3.8, 4) is 57.1 Å². The summed E-state index contributed by atoms with van der Waals surface area (Å²) in [6, 6.07) is 43.1. The summed E-state index contributed by atoms with van der Waals surface area (Å²) in [4.78, 5) is 29.2. The van der Waals surface area contributed by atoms with Crippen molar-refractivity contribution in [3.63, 3.8) is 0 Å². The van der Waals surface area contributed by atoms with E-state index in [-0.39, 0.29) is 71.0 Å². The van der Waals surface area contributed by atoms with Gasteiger partial charge in [0.2, 0.25) is 6.79 Å². The number of fused-ring (bicyclic) bond motifs is 7. The van der Waals surface area contributed by atoms with Gasteiger partial charge in [-0.25, -0.2) is 9.59 Å². The van der Waals surface area contributed by atoms with Gasteiger partial charge in [-0.2, -0.15) is 0 Å². The van der Waals surface area contributed by atoms with Crippen LogP contribution in [0.2, 0.25) is 0 Å². The molecular weight excluding hydrogens is 981 g/mol. The van der Waals surface area contributed by atoms with E-state index in [2.05, 4.69) is 0 Å². The van der Waals surface area contributed by atoms with Gasteiger partial charge in [-0.15, -0.1) is 0 Å². The number of rotatable bonds is 22. The highest BCUT2D eigenvalue weighted by molar-refractivity contribution is 6.22.